The Balaban J connectivity index is 1.92. The molecule has 0 aliphatic heterocycles. The van der Waals surface area contributed by atoms with E-state index in [4.69, 9.17) is 4.52 Å². The topological polar surface area (TPSA) is 71.3 Å². The Hall–Kier alpha value is -2.37. The van der Waals surface area contributed by atoms with Gasteiger partial charge in [-0.25, -0.2) is 4.79 Å². The van der Waals surface area contributed by atoms with E-state index in [1.54, 1.807) is 7.05 Å². The minimum Gasteiger partial charge on any atom is -0.337 e. The Labute approximate surface area is 111 Å². The van der Waals surface area contributed by atoms with Crippen molar-refractivity contribution in [2.24, 2.45) is 0 Å². The summed E-state index contributed by atoms with van der Waals surface area (Å²) in [5.41, 5.74) is 0.749. The molecule has 2 aromatic rings. The number of urea groups is 1. The molecule has 1 aromatic carbocycles. The standard InChI is InChI=1S/C13H16N4O2/c1-3-11-15-12(19-16-11)9-17(2)13(18)14-10-7-5-4-6-8-10/h4-8H,3,9H2,1-2H3,(H,14,18). The van der Waals surface area contributed by atoms with Gasteiger partial charge in [0.1, 0.15) is 6.54 Å². The number of aryl methyl sites for hydroxylation is 1. The first-order valence-electron chi connectivity index (χ1n) is 6.07. The van der Waals surface area contributed by atoms with E-state index < -0.39 is 0 Å². The minimum atomic E-state index is -0.220. The number of benzene rings is 1. The second-order valence-corrected chi connectivity index (χ2v) is 4.11. The number of nitrogens with zero attached hydrogens (tertiary/aromatic N) is 3. The molecule has 1 N–H and O–H groups in total. The van der Waals surface area contributed by atoms with Gasteiger partial charge in [-0.2, -0.15) is 4.98 Å². The third-order valence-electron chi connectivity index (χ3n) is 2.57. The molecule has 0 unspecified atom stereocenters. The number of nitrogens with one attached hydrogen (secondary N) is 1. The maximum absolute atomic E-state index is 11.9. The van der Waals surface area contributed by atoms with E-state index in [0.717, 1.165) is 5.69 Å². The van der Waals surface area contributed by atoms with E-state index in [2.05, 4.69) is 15.5 Å². The molecule has 0 bridgehead atoms. The van der Waals surface area contributed by atoms with Crippen LogP contribution >= 0.6 is 0 Å². The summed E-state index contributed by atoms with van der Waals surface area (Å²) < 4.78 is 5.04. The summed E-state index contributed by atoms with van der Waals surface area (Å²) in [7, 11) is 1.67. The van der Waals surface area contributed by atoms with Gasteiger partial charge in [-0.05, 0) is 12.1 Å². The Morgan fingerprint density at radius 1 is 1.37 bits per heavy atom. The number of anilines is 1. The van der Waals surface area contributed by atoms with Crippen LogP contribution in [-0.2, 0) is 13.0 Å². The molecule has 0 atom stereocenters. The number of carbonyl (C=O) groups is 1. The van der Waals surface area contributed by atoms with Crippen molar-refractivity contribution < 1.29 is 9.32 Å². The molecular formula is C13H16N4O2. The average Bonchev–Trinajstić information content (AvgIpc) is 2.87. The first kappa shape index (κ1) is 13.1. The second-order valence-electron chi connectivity index (χ2n) is 4.11. The molecule has 6 nitrogen and oxygen atoms in total. The Morgan fingerprint density at radius 2 is 2.11 bits per heavy atom. The SMILES string of the molecule is CCc1noc(CN(C)C(=O)Nc2ccccc2)n1. The molecule has 0 aliphatic rings. The first-order valence-corrected chi connectivity index (χ1v) is 6.07. The average molecular weight is 260 g/mol. The van der Waals surface area contributed by atoms with Gasteiger partial charge in [-0.15, -0.1) is 0 Å². The third-order valence-corrected chi connectivity index (χ3v) is 2.57. The van der Waals surface area contributed by atoms with Crippen LogP contribution in [0.2, 0.25) is 0 Å². The molecule has 1 aromatic heterocycles. The molecule has 0 spiro atoms. The number of hydrogen-bond acceptors (Lipinski definition) is 4. The van der Waals surface area contributed by atoms with Gasteiger partial charge >= 0.3 is 6.03 Å². The molecule has 6 heteroatoms. The lowest BCUT2D eigenvalue weighted by atomic mass is 10.3. The number of rotatable bonds is 4. The molecule has 0 radical (unpaired) electrons. The number of amides is 2. The van der Waals surface area contributed by atoms with Crippen molar-refractivity contribution in [3.05, 3.63) is 42.0 Å². The van der Waals surface area contributed by atoms with Crippen LogP contribution in [0.25, 0.3) is 0 Å². The number of hydrogen-bond donors (Lipinski definition) is 1. The van der Waals surface area contributed by atoms with Crippen molar-refractivity contribution in [3.8, 4) is 0 Å². The highest BCUT2D eigenvalue weighted by Crippen LogP contribution is 2.07. The fraction of sp³-hybridized carbons (Fsp3) is 0.308. The highest BCUT2D eigenvalue weighted by molar-refractivity contribution is 5.88. The first-order chi connectivity index (χ1) is 9.19. The summed E-state index contributed by atoms with van der Waals surface area (Å²) in [5.74, 6) is 1.08. The monoisotopic (exact) mass is 260 g/mol. The fourth-order valence-electron chi connectivity index (χ4n) is 1.51. The Morgan fingerprint density at radius 3 is 2.74 bits per heavy atom. The van der Waals surface area contributed by atoms with E-state index in [1.165, 1.54) is 4.90 Å². The van der Waals surface area contributed by atoms with Crippen LogP contribution in [0.15, 0.2) is 34.9 Å². The van der Waals surface area contributed by atoms with Crippen LogP contribution in [0, 0.1) is 0 Å². The minimum absolute atomic E-state index is 0.220. The fourth-order valence-corrected chi connectivity index (χ4v) is 1.51. The normalized spacial score (nSPS) is 10.2. The van der Waals surface area contributed by atoms with Crippen molar-refractivity contribution in [1.29, 1.82) is 0 Å². The van der Waals surface area contributed by atoms with E-state index in [1.807, 2.05) is 37.3 Å². The highest BCUT2D eigenvalue weighted by Gasteiger charge is 2.13. The molecule has 0 fully saturated rings. The zero-order valence-electron chi connectivity index (χ0n) is 11.0. The van der Waals surface area contributed by atoms with Gasteiger partial charge in [0.15, 0.2) is 5.82 Å². The number of carbonyl (C=O) groups excluding carboxylic acids is 1. The zero-order valence-corrected chi connectivity index (χ0v) is 11.0. The van der Waals surface area contributed by atoms with Crippen molar-refractivity contribution in [2.45, 2.75) is 19.9 Å². The summed E-state index contributed by atoms with van der Waals surface area (Å²) in [4.78, 5) is 17.6. The van der Waals surface area contributed by atoms with Crippen LogP contribution < -0.4 is 5.32 Å². The van der Waals surface area contributed by atoms with E-state index in [0.29, 0.717) is 18.1 Å². The van der Waals surface area contributed by atoms with Crippen LogP contribution in [0.5, 0.6) is 0 Å². The van der Waals surface area contributed by atoms with Gasteiger partial charge in [0, 0.05) is 19.2 Å². The van der Waals surface area contributed by atoms with Crippen LogP contribution in [0.3, 0.4) is 0 Å². The van der Waals surface area contributed by atoms with Crippen LogP contribution in [0.4, 0.5) is 10.5 Å². The van der Waals surface area contributed by atoms with E-state index >= 15 is 0 Å². The van der Waals surface area contributed by atoms with Crippen molar-refractivity contribution in [3.63, 3.8) is 0 Å². The van der Waals surface area contributed by atoms with E-state index in [-0.39, 0.29) is 12.6 Å². The summed E-state index contributed by atoms with van der Waals surface area (Å²) in [6.07, 6.45) is 0.712. The van der Waals surface area contributed by atoms with Gasteiger partial charge < -0.3 is 14.7 Å². The van der Waals surface area contributed by atoms with Gasteiger partial charge in [0.05, 0.1) is 0 Å². The lowest BCUT2D eigenvalue weighted by Gasteiger charge is -2.15. The van der Waals surface area contributed by atoms with Gasteiger partial charge in [-0.1, -0.05) is 30.3 Å². The largest absolute Gasteiger partial charge is 0.337 e. The summed E-state index contributed by atoms with van der Waals surface area (Å²) in [6, 6.07) is 9.05. The van der Waals surface area contributed by atoms with Crippen LogP contribution in [-0.4, -0.2) is 28.1 Å². The summed E-state index contributed by atoms with van der Waals surface area (Å²) >= 11 is 0. The number of aromatic nitrogens is 2. The predicted molar refractivity (Wildman–Crippen MR) is 70.6 cm³/mol. The molecule has 0 saturated carbocycles. The zero-order chi connectivity index (χ0) is 13.7. The smallest absolute Gasteiger partial charge is 0.322 e. The van der Waals surface area contributed by atoms with Gasteiger partial charge in [0.2, 0.25) is 5.89 Å². The summed E-state index contributed by atoms with van der Waals surface area (Å²) in [6.45, 7) is 2.23. The van der Waals surface area contributed by atoms with Crippen molar-refractivity contribution in [2.75, 3.05) is 12.4 Å². The Kier molecular flexibility index (Phi) is 4.12. The maximum atomic E-state index is 11.9. The van der Waals surface area contributed by atoms with Gasteiger partial charge in [-0.3, -0.25) is 0 Å². The quantitative estimate of drug-likeness (QED) is 0.915. The molecule has 2 amide bonds. The maximum Gasteiger partial charge on any atom is 0.322 e. The third kappa shape index (κ3) is 3.54. The lowest BCUT2D eigenvalue weighted by molar-refractivity contribution is 0.213. The molecule has 100 valence electrons. The predicted octanol–water partition coefficient (Wildman–Crippen LogP) is 2.30. The second kappa shape index (κ2) is 5.99. The highest BCUT2D eigenvalue weighted by atomic mass is 16.5. The van der Waals surface area contributed by atoms with E-state index in [9.17, 15) is 4.79 Å². The van der Waals surface area contributed by atoms with Crippen molar-refractivity contribution in [1.82, 2.24) is 15.0 Å². The van der Waals surface area contributed by atoms with Gasteiger partial charge in [0.25, 0.3) is 0 Å². The molecule has 0 saturated heterocycles. The summed E-state index contributed by atoms with van der Waals surface area (Å²) in [5, 5.41) is 6.57. The molecule has 2 rings (SSSR count). The molecular weight excluding hydrogens is 244 g/mol. The molecule has 0 aliphatic carbocycles. The van der Waals surface area contributed by atoms with Crippen LogP contribution in [0.1, 0.15) is 18.6 Å². The number of para-hydroxylation sites is 1. The molecule has 19 heavy (non-hydrogen) atoms. The molecule has 1 heterocycles. The Bertz CT molecular complexity index is 539. The lowest BCUT2D eigenvalue weighted by Crippen LogP contribution is -2.30. The van der Waals surface area contributed by atoms with Crippen molar-refractivity contribution >= 4 is 11.7 Å².